The number of carbonyl (C=O) groups is 3. The Labute approximate surface area is 164 Å². The number of esters is 1. The Bertz CT molecular complexity index is 686. The van der Waals surface area contributed by atoms with Crippen molar-refractivity contribution in [3.63, 3.8) is 0 Å². The molecule has 2 atom stereocenters. The van der Waals surface area contributed by atoms with Gasteiger partial charge in [-0.1, -0.05) is 30.3 Å². The topological polar surface area (TPSA) is 105 Å². The maximum absolute atomic E-state index is 12.5. The summed E-state index contributed by atoms with van der Waals surface area (Å²) in [5.74, 6) is -1.10. The van der Waals surface area contributed by atoms with E-state index in [-0.39, 0.29) is 13.2 Å². The molecule has 8 nitrogen and oxygen atoms in total. The van der Waals surface area contributed by atoms with Crippen LogP contribution in [0.15, 0.2) is 30.3 Å². The first-order valence-electron chi connectivity index (χ1n) is 9.33. The van der Waals surface area contributed by atoms with Gasteiger partial charge in [-0.25, -0.2) is 9.59 Å². The number of hydrogen-bond acceptors (Lipinski definition) is 6. The van der Waals surface area contributed by atoms with Crippen molar-refractivity contribution in [2.75, 3.05) is 13.1 Å². The highest BCUT2D eigenvalue weighted by atomic mass is 16.6. The molecule has 2 N–H and O–H groups in total. The lowest BCUT2D eigenvalue weighted by Crippen LogP contribution is -2.50. The van der Waals surface area contributed by atoms with Crippen LogP contribution in [0.4, 0.5) is 4.79 Å². The van der Waals surface area contributed by atoms with Crippen molar-refractivity contribution in [3.05, 3.63) is 35.9 Å². The van der Waals surface area contributed by atoms with Crippen molar-refractivity contribution in [1.82, 2.24) is 10.2 Å². The normalized spacial score (nSPS) is 17.7. The lowest BCUT2D eigenvalue weighted by Gasteiger charge is -2.28. The Morgan fingerprint density at radius 2 is 1.93 bits per heavy atom. The van der Waals surface area contributed by atoms with E-state index in [4.69, 9.17) is 9.47 Å². The zero-order valence-electron chi connectivity index (χ0n) is 16.5. The minimum absolute atomic E-state index is 0.0869. The number of hydrogen-bond donors (Lipinski definition) is 2. The quantitative estimate of drug-likeness (QED) is 0.713. The Hall–Kier alpha value is -2.61. The van der Waals surface area contributed by atoms with Crippen LogP contribution in [-0.4, -0.2) is 58.8 Å². The summed E-state index contributed by atoms with van der Waals surface area (Å²) in [4.78, 5) is 37.9. The fraction of sp³-hybridized carbons (Fsp3) is 0.550. The number of nitrogens with zero attached hydrogens (tertiary/aromatic N) is 1. The molecule has 154 valence electrons. The number of rotatable bonds is 6. The van der Waals surface area contributed by atoms with Crippen LogP contribution in [0, 0.1) is 0 Å². The number of likely N-dealkylation sites (tertiary alicyclic amines) is 1. The molecule has 1 aliphatic heterocycles. The summed E-state index contributed by atoms with van der Waals surface area (Å²) in [7, 11) is 0. The highest BCUT2D eigenvalue weighted by molar-refractivity contribution is 5.88. The molecule has 1 heterocycles. The second kappa shape index (κ2) is 9.54. The molecule has 0 spiro atoms. The first-order valence-corrected chi connectivity index (χ1v) is 9.33. The molecular weight excluding hydrogens is 364 g/mol. The number of carbonyl (C=O) groups excluding carboxylic acids is 3. The molecule has 8 heteroatoms. The zero-order valence-corrected chi connectivity index (χ0v) is 16.5. The van der Waals surface area contributed by atoms with Gasteiger partial charge in [-0.2, -0.15) is 0 Å². The largest absolute Gasteiger partial charge is 0.458 e. The van der Waals surface area contributed by atoms with Gasteiger partial charge in [0.05, 0.1) is 6.54 Å². The molecule has 0 unspecified atom stereocenters. The highest BCUT2D eigenvalue weighted by Crippen LogP contribution is 2.22. The summed E-state index contributed by atoms with van der Waals surface area (Å²) >= 11 is 0. The van der Waals surface area contributed by atoms with E-state index in [1.165, 1.54) is 4.90 Å². The molecule has 1 aromatic rings. The van der Waals surface area contributed by atoms with E-state index in [9.17, 15) is 19.5 Å². The monoisotopic (exact) mass is 392 g/mol. The number of nitrogens with one attached hydrogen (secondary N) is 1. The second-order valence-electron chi connectivity index (χ2n) is 7.68. The van der Waals surface area contributed by atoms with Gasteiger partial charge < -0.3 is 24.8 Å². The number of amides is 2. The van der Waals surface area contributed by atoms with Crippen LogP contribution >= 0.6 is 0 Å². The van der Waals surface area contributed by atoms with Crippen LogP contribution in [0.5, 0.6) is 0 Å². The zero-order chi connectivity index (χ0) is 20.7. The maximum Gasteiger partial charge on any atom is 0.407 e. The lowest BCUT2D eigenvalue weighted by molar-refractivity contribution is -0.164. The van der Waals surface area contributed by atoms with Gasteiger partial charge in [-0.15, -0.1) is 0 Å². The van der Waals surface area contributed by atoms with Crippen LogP contribution in [0.25, 0.3) is 0 Å². The summed E-state index contributed by atoms with van der Waals surface area (Å²) in [6.45, 7) is 5.41. The Kier molecular flexibility index (Phi) is 7.39. The van der Waals surface area contributed by atoms with Gasteiger partial charge in [-0.05, 0) is 39.2 Å². The number of benzene rings is 1. The van der Waals surface area contributed by atoms with E-state index >= 15 is 0 Å². The maximum atomic E-state index is 12.5. The fourth-order valence-corrected chi connectivity index (χ4v) is 2.88. The van der Waals surface area contributed by atoms with Crippen LogP contribution in [0.2, 0.25) is 0 Å². The van der Waals surface area contributed by atoms with Crippen LogP contribution < -0.4 is 5.32 Å². The van der Waals surface area contributed by atoms with Crippen LogP contribution in [0.3, 0.4) is 0 Å². The molecule has 0 saturated carbocycles. The third-order valence-electron chi connectivity index (χ3n) is 4.15. The number of aliphatic hydroxyl groups is 1. The summed E-state index contributed by atoms with van der Waals surface area (Å²) in [6.07, 6.45) is -1.07. The molecule has 1 aliphatic rings. The van der Waals surface area contributed by atoms with Gasteiger partial charge in [0, 0.05) is 6.54 Å². The molecule has 0 aliphatic carbocycles. The predicted octanol–water partition coefficient (Wildman–Crippen LogP) is 1.61. The summed E-state index contributed by atoms with van der Waals surface area (Å²) in [5.41, 5.74) is 0.170. The molecule has 1 fully saturated rings. The highest BCUT2D eigenvalue weighted by Gasteiger charge is 2.38. The molecular formula is C20H28N2O6. The molecule has 1 saturated heterocycles. The van der Waals surface area contributed by atoms with Crippen LogP contribution in [0.1, 0.15) is 39.2 Å². The van der Waals surface area contributed by atoms with E-state index in [1.54, 1.807) is 20.8 Å². The first-order chi connectivity index (χ1) is 13.2. The smallest absolute Gasteiger partial charge is 0.407 e. The SMILES string of the molecule is CC(C)(C)OC(=O)[C@@H]1CCCN1C(=O)[C@@H](O)CNC(=O)OCc1ccccc1. The molecule has 0 radical (unpaired) electrons. The first kappa shape index (κ1) is 21.7. The van der Waals surface area contributed by atoms with E-state index in [0.29, 0.717) is 19.4 Å². The summed E-state index contributed by atoms with van der Waals surface area (Å²) in [5, 5.41) is 12.5. The minimum atomic E-state index is -1.47. The van der Waals surface area contributed by atoms with Crippen LogP contribution in [-0.2, 0) is 25.7 Å². The third-order valence-corrected chi connectivity index (χ3v) is 4.15. The van der Waals surface area contributed by atoms with Gasteiger partial charge in [0.25, 0.3) is 5.91 Å². The van der Waals surface area contributed by atoms with E-state index in [0.717, 1.165) is 5.56 Å². The predicted molar refractivity (Wildman–Crippen MR) is 101 cm³/mol. The molecule has 0 bridgehead atoms. The average Bonchev–Trinajstić information content (AvgIpc) is 3.13. The van der Waals surface area contributed by atoms with Gasteiger partial charge in [0.15, 0.2) is 0 Å². The number of alkyl carbamates (subject to hydrolysis) is 1. The van der Waals surface area contributed by atoms with Crippen molar-refractivity contribution >= 4 is 18.0 Å². The van der Waals surface area contributed by atoms with Crippen molar-refractivity contribution in [2.45, 2.75) is 58.0 Å². The Morgan fingerprint density at radius 1 is 1.25 bits per heavy atom. The van der Waals surface area contributed by atoms with Gasteiger partial charge in [0.2, 0.25) is 0 Å². The number of aliphatic hydroxyl groups excluding tert-OH is 1. The van der Waals surface area contributed by atoms with Crippen molar-refractivity contribution < 1.29 is 29.0 Å². The molecule has 0 aromatic heterocycles. The molecule has 28 heavy (non-hydrogen) atoms. The Morgan fingerprint density at radius 3 is 2.57 bits per heavy atom. The fourth-order valence-electron chi connectivity index (χ4n) is 2.88. The number of ether oxygens (including phenoxy) is 2. The van der Waals surface area contributed by atoms with Crippen molar-refractivity contribution in [3.8, 4) is 0 Å². The van der Waals surface area contributed by atoms with Crippen molar-refractivity contribution in [1.29, 1.82) is 0 Å². The van der Waals surface area contributed by atoms with E-state index in [2.05, 4.69) is 5.32 Å². The van der Waals surface area contributed by atoms with E-state index < -0.39 is 35.7 Å². The van der Waals surface area contributed by atoms with Gasteiger partial charge in [0.1, 0.15) is 24.4 Å². The average molecular weight is 392 g/mol. The second-order valence-corrected chi connectivity index (χ2v) is 7.68. The standard InChI is InChI=1S/C20H28N2O6/c1-20(2,3)28-18(25)15-10-7-11-22(15)17(24)16(23)12-21-19(26)27-13-14-8-5-4-6-9-14/h4-6,8-9,15-16,23H,7,10-13H2,1-3H3,(H,21,26)/t15-,16-/m0/s1. The van der Waals surface area contributed by atoms with Gasteiger partial charge in [-0.3, -0.25) is 4.79 Å². The lowest BCUT2D eigenvalue weighted by atomic mass is 10.1. The van der Waals surface area contributed by atoms with E-state index in [1.807, 2.05) is 30.3 Å². The van der Waals surface area contributed by atoms with Gasteiger partial charge >= 0.3 is 12.1 Å². The molecule has 2 amide bonds. The Balaban J connectivity index is 1.80. The summed E-state index contributed by atoms with van der Waals surface area (Å²) in [6, 6.07) is 8.43. The third kappa shape index (κ3) is 6.53. The minimum Gasteiger partial charge on any atom is -0.458 e. The molecule has 1 aromatic carbocycles. The summed E-state index contributed by atoms with van der Waals surface area (Å²) < 4.78 is 10.4. The van der Waals surface area contributed by atoms with Crippen molar-refractivity contribution in [2.24, 2.45) is 0 Å². The molecule has 2 rings (SSSR count).